The van der Waals surface area contributed by atoms with Crippen molar-refractivity contribution in [2.24, 2.45) is 5.73 Å². The van der Waals surface area contributed by atoms with Gasteiger partial charge in [0, 0.05) is 22.4 Å². The Morgan fingerprint density at radius 1 is 1.32 bits per heavy atom. The number of thiophene rings is 1. The van der Waals surface area contributed by atoms with Gasteiger partial charge < -0.3 is 5.73 Å². The third kappa shape index (κ3) is 3.45. The molecule has 0 fully saturated rings. The maximum atomic E-state index is 5.97. The predicted molar refractivity (Wildman–Crippen MR) is 86.5 cm³/mol. The minimum atomic E-state index is 0.258. The van der Waals surface area contributed by atoms with Gasteiger partial charge in [-0.2, -0.15) is 0 Å². The van der Waals surface area contributed by atoms with Gasteiger partial charge in [-0.25, -0.2) is 0 Å². The van der Waals surface area contributed by atoms with E-state index in [4.69, 9.17) is 5.73 Å². The van der Waals surface area contributed by atoms with Crippen molar-refractivity contribution in [2.75, 3.05) is 13.6 Å². The van der Waals surface area contributed by atoms with Crippen LogP contribution in [-0.2, 0) is 6.54 Å². The van der Waals surface area contributed by atoms with Crippen LogP contribution in [0.3, 0.4) is 0 Å². The van der Waals surface area contributed by atoms with E-state index in [1.165, 1.54) is 16.0 Å². The van der Waals surface area contributed by atoms with Gasteiger partial charge in [-0.1, -0.05) is 24.3 Å². The van der Waals surface area contributed by atoms with Crippen LogP contribution in [-0.4, -0.2) is 18.5 Å². The third-order valence-electron chi connectivity index (χ3n) is 3.38. The monoisotopic (exact) mass is 338 g/mol. The summed E-state index contributed by atoms with van der Waals surface area (Å²) in [6.45, 7) is 3.70. The van der Waals surface area contributed by atoms with Crippen LogP contribution in [0.5, 0.6) is 0 Å². The fourth-order valence-electron chi connectivity index (χ4n) is 2.20. The first kappa shape index (κ1) is 14.7. The molecule has 1 aromatic heterocycles. The molecule has 0 aliphatic rings. The Balaban J connectivity index is 2.16. The molecule has 2 aromatic rings. The zero-order valence-electron chi connectivity index (χ0n) is 11.3. The first-order valence-corrected chi connectivity index (χ1v) is 7.98. The highest BCUT2D eigenvalue weighted by atomic mass is 79.9. The molecular weight excluding hydrogens is 320 g/mol. The fraction of sp³-hybridized carbons (Fsp3) is 0.333. The minimum absolute atomic E-state index is 0.258. The maximum absolute atomic E-state index is 5.97. The zero-order chi connectivity index (χ0) is 13.8. The van der Waals surface area contributed by atoms with Crippen molar-refractivity contribution in [3.8, 4) is 0 Å². The number of rotatable bonds is 5. The molecule has 0 saturated carbocycles. The molecule has 0 saturated heterocycles. The van der Waals surface area contributed by atoms with Crippen LogP contribution >= 0.6 is 27.3 Å². The summed E-state index contributed by atoms with van der Waals surface area (Å²) < 4.78 is 1.16. The van der Waals surface area contributed by atoms with E-state index >= 15 is 0 Å². The van der Waals surface area contributed by atoms with Gasteiger partial charge in [0.25, 0.3) is 0 Å². The quantitative estimate of drug-likeness (QED) is 0.894. The second-order valence-electron chi connectivity index (χ2n) is 4.73. The van der Waals surface area contributed by atoms with E-state index in [1.807, 2.05) is 0 Å². The van der Waals surface area contributed by atoms with Gasteiger partial charge in [-0.3, -0.25) is 4.90 Å². The molecule has 1 unspecified atom stereocenters. The molecule has 0 aliphatic heterocycles. The van der Waals surface area contributed by atoms with Crippen molar-refractivity contribution in [3.05, 3.63) is 56.2 Å². The molecule has 0 bridgehead atoms. The van der Waals surface area contributed by atoms with Crippen LogP contribution in [0.2, 0.25) is 0 Å². The van der Waals surface area contributed by atoms with Crippen LogP contribution < -0.4 is 5.73 Å². The second-order valence-corrected chi connectivity index (χ2v) is 6.53. The summed E-state index contributed by atoms with van der Waals surface area (Å²) in [5, 5.41) is 2.10. The van der Waals surface area contributed by atoms with E-state index in [-0.39, 0.29) is 6.04 Å². The average Bonchev–Trinajstić information content (AvgIpc) is 2.80. The molecule has 102 valence electrons. The Morgan fingerprint density at radius 2 is 2.05 bits per heavy atom. The SMILES string of the molecule is Cc1ccccc1CN(C)C(CN)c1sccc1Br. The number of aryl methyl sites for hydroxylation is 1. The fourth-order valence-corrected chi connectivity index (χ4v) is 4.01. The molecule has 0 aliphatic carbocycles. The number of halogens is 1. The molecule has 19 heavy (non-hydrogen) atoms. The summed E-state index contributed by atoms with van der Waals surface area (Å²) in [6.07, 6.45) is 0. The molecule has 2 rings (SSSR count). The lowest BCUT2D eigenvalue weighted by Gasteiger charge is -2.27. The summed E-state index contributed by atoms with van der Waals surface area (Å²) >= 11 is 5.36. The van der Waals surface area contributed by atoms with Gasteiger partial charge in [-0.15, -0.1) is 11.3 Å². The minimum Gasteiger partial charge on any atom is -0.329 e. The van der Waals surface area contributed by atoms with Crippen LogP contribution in [0.15, 0.2) is 40.2 Å². The standard InChI is InChI=1S/C15H19BrN2S/c1-11-5-3-4-6-12(11)10-18(2)14(9-17)15-13(16)7-8-19-15/h3-8,14H,9-10,17H2,1-2H3. The smallest absolute Gasteiger partial charge is 0.0576 e. The van der Waals surface area contributed by atoms with E-state index in [0.29, 0.717) is 6.54 Å². The highest BCUT2D eigenvalue weighted by Gasteiger charge is 2.19. The van der Waals surface area contributed by atoms with Crippen molar-refractivity contribution in [1.29, 1.82) is 0 Å². The largest absolute Gasteiger partial charge is 0.329 e. The molecule has 2 nitrogen and oxygen atoms in total. The van der Waals surface area contributed by atoms with Crippen LogP contribution in [0, 0.1) is 6.92 Å². The van der Waals surface area contributed by atoms with Crippen molar-refractivity contribution in [2.45, 2.75) is 19.5 Å². The van der Waals surface area contributed by atoms with Crippen LogP contribution in [0.4, 0.5) is 0 Å². The van der Waals surface area contributed by atoms with Crippen LogP contribution in [0.25, 0.3) is 0 Å². The van der Waals surface area contributed by atoms with Gasteiger partial charge in [0.2, 0.25) is 0 Å². The molecule has 2 N–H and O–H groups in total. The Bertz CT molecular complexity index is 538. The van der Waals surface area contributed by atoms with Gasteiger partial charge in [0.15, 0.2) is 0 Å². The van der Waals surface area contributed by atoms with Gasteiger partial charge in [0.05, 0.1) is 6.04 Å². The Hall–Kier alpha value is -0.680. The van der Waals surface area contributed by atoms with Crippen LogP contribution in [0.1, 0.15) is 22.0 Å². The normalized spacial score (nSPS) is 12.9. The molecule has 1 heterocycles. The summed E-state index contributed by atoms with van der Waals surface area (Å²) in [7, 11) is 2.14. The molecule has 4 heteroatoms. The second kappa shape index (κ2) is 6.66. The highest BCUT2D eigenvalue weighted by Crippen LogP contribution is 2.32. The van der Waals surface area contributed by atoms with E-state index < -0.39 is 0 Å². The summed E-state index contributed by atoms with van der Waals surface area (Å²) in [6, 6.07) is 10.9. The lowest BCUT2D eigenvalue weighted by Crippen LogP contribution is -2.30. The number of benzene rings is 1. The Morgan fingerprint density at radius 3 is 2.63 bits per heavy atom. The average molecular weight is 339 g/mol. The van der Waals surface area contributed by atoms with Crippen molar-refractivity contribution < 1.29 is 0 Å². The number of nitrogens with zero attached hydrogens (tertiary/aromatic N) is 1. The Kier molecular flexibility index (Phi) is 5.16. The van der Waals surface area contributed by atoms with Gasteiger partial charge in [0.1, 0.15) is 0 Å². The predicted octanol–water partition coefficient (Wildman–Crippen LogP) is 3.95. The third-order valence-corrected chi connectivity index (χ3v) is 5.36. The van der Waals surface area contributed by atoms with E-state index in [0.717, 1.165) is 11.0 Å². The van der Waals surface area contributed by atoms with E-state index in [9.17, 15) is 0 Å². The molecule has 1 aromatic carbocycles. The summed E-state index contributed by atoms with van der Waals surface area (Å²) in [5.41, 5.74) is 8.66. The number of hydrogen-bond acceptors (Lipinski definition) is 3. The maximum Gasteiger partial charge on any atom is 0.0576 e. The molecular formula is C15H19BrN2S. The lowest BCUT2D eigenvalue weighted by molar-refractivity contribution is 0.244. The number of nitrogens with two attached hydrogens (primary N) is 1. The molecule has 0 spiro atoms. The number of hydrogen-bond donors (Lipinski definition) is 1. The highest BCUT2D eigenvalue weighted by molar-refractivity contribution is 9.10. The van der Waals surface area contributed by atoms with Gasteiger partial charge >= 0.3 is 0 Å². The van der Waals surface area contributed by atoms with Gasteiger partial charge in [-0.05, 0) is 52.5 Å². The molecule has 0 amide bonds. The van der Waals surface area contributed by atoms with E-state index in [1.54, 1.807) is 11.3 Å². The van der Waals surface area contributed by atoms with Crippen molar-refractivity contribution >= 4 is 27.3 Å². The molecule has 0 radical (unpaired) electrons. The Labute approximate surface area is 127 Å². The summed E-state index contributed by atoms with van der Waals surface area (Å²) in [4.78, 5) is 3.62. The molecule has 1 atom stereocenters. The lowest BCUT2D eigenvalue weighted by atomic mass is 10.1. The topological polar surface area (TPSA) is 29.3 Å². The zero-order valence-corrected chi connectivity index (χ0v) is 13.7. The first-order valence-electron chi connectivity index (χ1n) is 6.31. The number of likely N-dealkylation sites (N-methyl/N-ethyl adjacent to an activating group) is 1. The van der Waals surface area contributed by atoms with Crippen molar-refractivity contribution in [1.82, 2.24) is 4.90 Å². The summed E-state index contributed by atoms with van der Waals surface area (Å²) in [5.74, 6) is 0. The first-order chi connectivity index (χ1) is 9.13. The van der Waals surface area contributed by atoms with Crippen molar-refractivity contribution in [3.63, 3.8) is 0 Å². The van der Waals surface area contributed by atoms with E-state index in [2.05, 4.69) is 70.5 Å².